The number of nitrogens with one attached hydrogen (secondary N) is 2. The van der Waals surface area contributed by atoms with Crippen LogP contribution < -0.4 is 15.4 Å². The maximum Gasteiger partial charge on any atom is 0.121 e. The molecule has 0 saturated heterocycles. The Morgan fingerprint density at radius 1 is 1.23 bits per heavy atom. The van der Waals surface area contributed by atoms with Crippen LogP contribution in [0.1, 0.15) is 33.6 Å². The topological polar surface area (TPSA) is 46.2 Å². The first-order chi connectivity index (χ1) is 10.6. The van der Waals surface area contributed by atoms with Crippen LogP contribution in [-0.2, 0) is 0 Å². The van der Waals surface area contributed by atoms with Crippen LogP contribution in [0.5, 0.6) is 5.75 Å². The van der Waals surface area contributed by atoms with Crippen molar-refractivity contribution in [1.82, 2.24) is 10.3 Å². The predicted octanol–water partition coefficient (Wildman–Crippen LogP) is 3.82. The number of fused-ring (bicyclic) bond motifs is 1. The van der Waals surface area contributed by atoms with E-state index in [0.717, 1.165) is 41.7 Å². The molecule has 0 aliphatic carbocycles. The molecule has 0 aliphatic rings. The van der Waals surface area contributed by atoms with Crippen LogP contribution in [0.15, 0.2) is 30.5 Å². The molecule has 1 atom stereocenters. The number of pyridine rings is 1. The van der Waals surface area contributed by atoms with Gasteiger partial charge in [0.15, 0.2) is 0 Å². The Balaban J connectivity index is 2.03. The molecule has 0 aliphatic heterocycles. The van der Waals surface area contributed by atoms with Crippen LogP contribution in [0.4, 0.5) is 5.69 Å². The standard InChI is InChI=1S/C18H27N3O/c1-13(2)19-9-5-7-14(3)21-17-12-16(22-4)11-15-8-6-10-20-18(15)17/h6,8,10-14,19,21H,5,7,9H2,1-4H3. The molecule has 120 valence electrons. The molecule has 2 rings (SSSR count). The van der Waals surface area contributed by atoms with Crippen LogP contribution in [-0.4, -0.2) is 30.7 Å². The molecule has 0 radical (unpaired) electrons. The van der Waals surface area contributed by atoms with Gasteiger partial charge in [0.05, 0.1) is 18.3 Å². The van der Waals surface area contributed by atoms with Gasteiger partial charge in [0.25, 0.3) is 0 Å². The molecule has 1 aromatic carbocycles. The Bertz CT molecular complexity index is 598. The lowest BCUT2D eigenvalue weighted by molar-refractivity contribution is 0.415. The zero-order valence-corrected chi connectivity index (χ0v) is 14.0. The number of hydrogen-bond acceptors (Lipinski definition) is 4. The second-order valence-electron chi connectivity index (χ2n) is 6.05. The van der Waals surface area contributed by atoms with Gasteiger partial charge in [-0.05, 0) is 38.4 Å². The summed E-state index contributed by atoms with van der Waals surface area (Å²) in [5.41, 5.74) is 2.04. The summed E-state index contributed by atoms with van der Waals surface area (Å²) in [6.07, 6.45) is 4.10. The average Bonchev–Trinajstić information content (AvgIpc) is 2.51. The van der Waals surface area contributed by atoms with Crippen LogP contribution in [0.3, 0.4) is 0 Å². The molecule has 1 heterocycles. The van der Waals surface area contributed by atoms with E-state index in [9.17, 15) is 0 Å². The summed E-state index contributed by atoms with van der Waals surface area (Å²) in [6, 6.07) is 9.00. The fraction of sp³-hybridized carbons (Fsp3) is 0.500. The van der Waals surface area contributed by atoms with E-state index in [0.29, 0.717) is 12.1 Å². The number of rotatable bonds is 8. The molecule has 0 bridgehead atoms. The van der Waals surface area contributed by atoms with Crippen molar-refractivity contribution in [2.75, 3.05) is 19.0 Å². The summed E-state index contributed by atoms with van der Waals surface area (Å²) in [4.78, 5) is 4.50. The average molecular weight is 301 g/mol. The van der Waals surface area contributed by atoms with Gasteiger partial charge in [0.1, 0.15) is 5.75 Å². The molecule has 0 spiro atoms. The normalized spacial score (nSPS) is 12.6. The quantitative estimate of drug-likeness (QED) is 0.728. The van der Waals surface area contributed by atoms with E-state index >= 15 is 0 Å². The van der Waals surface area contributed by atoms with Crippen molar-refractivity contribution in [2.24, 2.45) is 0 Å². The molecule has 2 aromatic rings. The van der Waals surface area contributed by atoms with Gasteiger partial charge in [-0.15, -0.1) is 0 Å². The van der Waals surface area contributed by atoms with Crippen LogP contribution in [0, 0.1) is 0 Å². The van der Waals surface area contributed by atoms with Gasteiger partial charge in [-0.1, -0.05) is 19.9 Å². The highest BCUT2D eigenvalue weighted by Gasteiger charge is 2.09. The Morgan fingerprint density at radius 3 is 2.77 bits per heavy atom. The van der Waals surface area contributed by atoms with E-state index in [-0.39, 0.29) is 0 Å². The first-order valence-electron chi connectivity index (χ1n) is 8.03. The van der Waals surface area contributed by atoms with Crippen molar-refractivity contribution >= 4 is 16.6 Å². The summed E-state index contributed by atoms with van der Waals surface area (Å²) in [6.45, 7) is 7.62. The Hall–Kier alpha value is -1.81. The fourth-order valence-corrected chi connectivity index (χ4v) is 2.53. The van der Waals surface area contributed by atoms with Gasteiger partial charge in [0, 0.05) is 29.7 Å². The predicted molar refractivity (Wildman–Crippen MR) is 93.8 cm³/mol. The molecule has 1 aromatic heterocycles. The third kappa shape index (κ3) is 4.60. The van der Waals surface area contributed by atoms with E-state index in [4.69, 9.17) is 4.74 Å². The van der Waals surface area contributed by atoms with Gasteiger partial charge in [-0.3, -0.25) is 4.98 Å². The van der Waals surface area contributed by atoms with E-state index in [2.05, 4.69) is 42.5 Å². The number of nitrogens with zero attached hydrogens (tertiary/aromatic N) is 1. The number of anilines is 1. The number of methoxy groups -OCH3 is 1. The summed E-state index contributed by atoms with van der Waals surface area (Å²) >= 11 is 0. The number of ether oxygens (including phenoxy) is 1. The molecular weight excluding hydrogens is 274 g/mol. The van der Waals surface area contributed by atoms with Crippen LogP contribution in [0.25, 0.3) is 10.9 Å². The number of aromatic nitrogens is 1. The van der Waals surface area contributed by atoms with Crippen molar-refractivity contribution < 1.29 is 4.74 Å². The second kappa shape index (κ2) is 7.99. The van der Waals surface area contributed by atoms with E-state index < -0.39 is 0 Å². The molecule has 0 fully saturated rings. The third-order valence-electron chi connectivity index (χ3n) is 3.68. The fourth-order valence-electron chi connectivity index (χ4n) is 2.53. The summed E-state index contributed by atoms with van der Waals surface area (Å²) in [5.74, 6) is 0.858. The molecule has 4 heteroatoms. The summed E-state index contributed by atoms with van der Waals surface area (Å²) in [5, 5.41) is 8.13. The van der Waals surface area contributed by atoms with Gasteiger partial charge in [0.2, 0.25) is 0 Å². The minimum absolute atomic E-state index is 0.395. The molecule has 4 nitrogen and oxygen atoms in total. The monoisotopic (exact) mass is 301 g/mol. The maximum atomic E-state index is 5.39. The van der Waals surface area contributed by atoms with E-state index in [1.165, 1.54) is 0 Å². The van der Waals surface area contributed by atoms with E-state index in [1.54, 1.807) is 7.11 Å². The molecule has 0 amide bonds. The first-order valence-corrected chi connectivity index (χ1v) is 8.03. The molecular formula is C18H27N3O. The second-order valence-corrected chi connectivity index (χ2v) is 6.05. The SMILES string of the molecule is COc1cc(NC(C)CCCNC(C)C)c2ncccc2c1. The molecule has 1 unspecified atom stereocenters. The highest BCUT2D eigenvalue weighted by atomic mass is 16.5. The summed E-state index contributed by atoms with van der Waals surface area (Å²) < 4.78 is 5.39. The minimum Gasteiger partial charge on any atom is -0.497 e. The lowest BCUT2D eigenvalue weighted by atomic mass is 10.1. The lowest BCUT2D eigenvalue weighted by Gasteiger charge is -2.18. The highest BCUT2D eigenvalue weighted by Crippen LogP contribution is 2.28. The van der Waals surface area contributed by atoms with E-state index in [1.807, 2.05) is 24.4 Å². The molecule has 2 N–H and O–H groups in total. The van der Waals surface area contributed by atoms with Crippen molar-refractivity contribution in [3.05, 3.63) is 30.5 Å². The maximum absolute atomic E-state index is 5.39. The Labute approximate surface area is 133 Å². The van der Waals surface area contributed by atoms with Crippen molar-refractivity contribution in [2.45, 2.75) is 45.7 Å². The molecule has 22 heavy (non-hydrogen) atoms. The van der Waals surface area contributed by atoms with Crippen molar-refractivity contribution in [3.8, 4) is 5.75 Å². The number of hydrogen-bond donors (Lipinski definition) is 2. The highest BCUT2D eigenvalue weighted by molar-refractivity contribution is 5.91. The van der Waals surface area contributed by atoms with Gasteiger partial charge in [-0.25, -0.2) is 0 Å². The zero-order chi connectivity index (χ0) is 15.9. The smallest absolute Gasteiger partial charge is 0.121 e. The molecule has 0 saturated carbocycles. The summed E-state index contributed by atoms with van der Waals surface area (Å²) in [7, 11) is 1.70. The largest absolute Gasteiger partial charge is 0.497 e. The van der Waals surface area contributed by atoms with Crippen molar-refractivity contribution in [1.29, 1.82) is 0 Å². The lowest BCUT2D eigenvalue weighted by Crippen LogP contribution is -2.25. The van der Waals surface area contributed by atoms with Gasteiger partial charge < -0.3 is 15.4 Å². The number of benzene rings is 1. The Morgan fingerprint density at radius 2 is 2.05 bits per heavy atom. The van der Waals surface area contributed by atoms with Gasteiger partial charge in [-0.2, -0.15) is 0 Å². The van der Waals surface area contributed by atoms with Crippen LogP contribution >= 0.6 is 0 Å². The third-order valence-corrected chi connectivity index (χ3v) is 3.68. The Kier molecular flexibility index (Phi) is 6.01. The minimum atomic E-state index is 0.395. The first kappa shape index (κ1) is 16.6. The van der Waals surface area contributed by atoms with Crippen molar-refractivity contribution in [3.63, 3.8) is 0 Å². The zero-order valence-electron chi connectivity index (χ0n) is 14.0. The van der Waals surface area contributed by atoms with Gasteiger partial charge >= 0.3 is 0 Å². The van der Waals surface area contributed by atoms with Crippen LogP contribution in [0.2, 0.25) is 0 Å².